The predicted octanol–water partition coefficient (Wildman–Crippen LogP) is 2.03. The number of carbonyl (C=O) groups excluding carboxylic acids is 1. The Labute approximate surface area is 115 Å². The first-order valence-electron chi connectivity index (χ1n) is 5.90. The van der Waals surface area contributed by atoms with E-state index in [1.165, 1.54) is 4.88 Å². The maximum atomic E-state index is 10.9. The van der Waals surface area contributed by atoms with Crippen molar-refractivity contribution in [2.24, 2.45) is 5.73 Å². The van der Waals surface area contributed by atoms with Crippen LogP contribution in [-0.4, -0.2) is 22.6 Å². The predicted molar refractivity (Wildman–Crippen MR) is 76.4 cm³/mol. The maximum Gasteiger partial charge on any atom is 0.269 e. The van der Waals surface area contributed by atoms with Gasteiger partial charge in [-0.15, -0.1) is 21.5 Å². The number of rotatable bonds is 5. The van der Waals surface area contributed by atoms with Crippen LogP contribution in [0.1, 0.15) is 29.2 Å². The largest absolute Gasteiger partial charge is 0.368 e. The summed E-state index contributed by atoms with van der Waals surface area (Å²) in [5.74, 6) is 0.0626. The van der Waals surface area contributed by atoms with Gasteiger partial charge in [-0.3, -0.25) is 4.79 Å². The van der Waals surface area contributed by atoms with Gasteiger partial charge in [-0.1, -0.05) is 19.9 Å². The van der Waals surface area contributed by atoms with Crippen molar-refractivity contribution in [3.63, 3.8) is 0 Å². The second kappa shape index (κ2) is 5.36. The molecule has 0 aliphatic carbocycles. The summed E-state index contributed by atoms with van der Waals surface area (Å²) in [6.07, 6.45) is 0. The molecule has 0 aromatic carbocycles. The highest BCUT2D eigenvalue weighted by Gasteiger charge is 2.21. The van der Waals surface area contributed by atoms with Gasteiger partial charge in [0, 0.05) is 16.8 Å². The Morgan fingerprint density at radius 1 is 1.37 bits per heavy atom. The molecule has 0 bridgehead atoms. The van der Waals surface area contributed by atoms with E-state index < -0.39 is 5.91 Å². The number of nitrogens with two attached hydrogens (primary N) is 1. The van der Waals surface area contributed by atoms with Crippen molar-refractivity contribution in [3.05, 3.63) is 40.2 Å². The van der Waals surface area contributed by atoms with Gasteiger partial charge in [-0.05, 0) is 23.6 Å². The van der Waals surface area contributed by atoms with E-state index in [0.717, 1.165) is 6.54 Å². The number of primary amides is 1. The van der Waals surface area contributed by atoms with Crippen LogP contribution in [0.4, 0.5) is 5.82 Å². The molecule has 2 heterocycles. The van der Waals surface area contributed by atoms with Crippen LogP contribution >= 0.6 is 11.3 Å². The third-order valence-electron chi connectivity index (χ3n) is 2.82. The van der Waals surface area contributed by atoms with Gasteiger partial charge in [-0.25, -0.2) is 0 Å². The van der Waals surface area contributed by atoms with Gasteiger partial charge in [0.25, 0.3) is 5.91 Å². The van der Waals surface area contributed by atoms with Gasteiger partial charge in [0.2, 0.25) is 0 Å². The van der Waals surface area contributed by atoms with Crippen LogP contribution in [0.5, 0.6) is 0 Å². The summed E-state index contributed by atoms with van der Waals surface area (Å²) in [5, 5.41) is 13.0. The van der Waals surface area contributed by atoms with Gasteiger partial charge < -0.3 is 11.1 Å². The Morgan fingerprint density at radius 2 is 2.16 bits per heavy atom. The number of nitrogens with zero attached hydrogens (tertiary/aromatic N) is 2. The molecule has 6 heteroatoms. The zero-order valence-electron chi connectivity index (χ0n) is 10.9. The topological polar surface area (TPSA) is 80.9 Å². The number of hydrogen-bond donors (Lipinski definition) is 2. The molecule has 0 radical (unpaired) electrons. The van der Waals surface area contributed by atoms with Crippen LogP contribution in [-0.2, 0) is 5.41 Å². The van der Waals surface area contributed by atoms with Gasteiger partial charge >= 0.3 is 0 Å². The SMILES string of the molecule is CC(C)(CNc1ccc(C(N)=O)nn1)c1cccs1. The van der Waals surface area contributed by atoms with Crippen LogP contribution in [0.2, 0.25) is 0 Å². The van der Waals surface area contributed by atoms with Gasteiger partial charge in [-0.2, -0.15) is 0 Å². The molecule has 5 nitrogen and oxygen atoms in total. The summed E-state index contributed by atoms with van der Waals surface area (Å²) >= 11 is 1.73. The van der Waals surface area contributed by atoms with E-state index in [1.807, 2.05) is 6.07 Å². The lowest BCUT2D eigenvalue weighted by Crippen LogP contribution is -2.27. The van der Waals surface area contributed by atoms with Crippen molar-refractivity contribution in [1.29, 1.82) is 0 Å². The third-order valence-corrected chi connectivity index (χ3v) is 4.05. The molecule has 0 atom stereocenters. The second-order valence-electron chi connectivity index (χ2n) is 4.88. The quantitative estimate of drug-likeness (QED) is 0.875. The number of carbonyl (C=O) groups is 1. The van der Waals surface area contributed by atoms with Crippen LogP contribution < -0.4 is 11.1 Å². The van der Waals surface area contributed by atoms with Crippen LogP contribution in [0, 0.1) is 0 Å². The van der Waals surface area contributed by atoms with E-state index in [9.17, 15) is 4.79 Å². The standard InChI is InChI=1S/C13H16N4OS/c1-13(2,10-4-3-7-19-10)8-15-11-6-5-9(12(14)18)16-17-11/h3-7H,8H2,1-2H3,(H2,14,18)(H,15,17). The molecule has 2 aromatic heterocycles. The molecule has 2 aromatic rings. The van der Waals surface area contributed by atoms with E-state index in [2.05, 4.69) is 40.8 Å². The summed E-state index contributed by atoms with van der Waals surface area (Å²) < 4.78 is 0. The number of anilines is 1. The molecule has 0 saturated carbocycles. The molecular weight excluding hydrogens is 260 g/mol. The number of hydrogen-bond acceptors (Lipinski definition) is 5. The lowest BCUT2D eigenvalue weighted by molar-refractivity contribution is 0.0994. The minimum absolute atomic E-state index is 0.0121. The van der Waals surface area contributed by atoms with E-state index in [0.29, 0.717) is 5.82 Å². The van der Waals surface area contributed by atoms with E-state index in [-0.39, 0.29) is 11.1 Å². The summed E-state index contributed by atoms with van der Waals surface area (Å²) in [6.45, 7) is 5.06. The molecule has 0 saturated heterocycles. The van der Waals surface area contributed by atoms with Crippen LogP contribution in [0.25, 0.3) is 0 Å². The normalized spacial score (nSPS) is 11.3. The highest BCUT2D eigenvalue weighted by Crippen LogP contribution is 2.27. The molecule has 0 unspecified atom stereocenters. The van der Waals surface area contributed by atoms with Crippen molar-refractivity contribution in [2.45, 2.75) is 19.3 Å². The number of nitrogens with one attached hydrogen (secondary N) is 1. The maximum absolute atomic E-state index is 10.9. The number of aromatic nitrogens is 2. The van der Waals surface area contributed by atoms with Crippen molar-refractivity contribution < 1.29 is 4.79 Å². The molecule has 100 valence electrons. The monoisotopic (exact) mass is 276 g/mol. The fourth-order valence-corrected chi connectivity index (χ4v) is 2.47. The average Bonchev–Trinajstić information content (AvgIpc) is 2.91. The minimum atomic E-state index is -0.571. The Kier molecular flexibility index (Phi) is 3.80. The molecule has 3 N–H and O–H groups in total. The molecular formula is C13H16N4OS. The first-order chi connectivity index (χ1) is 8.99. The molecule has 0 fully saturated rings. The molecule has 0 spiro atoms. The summed E-state index contributed by atoms with van der Waals surface area (Å²) in [5.41, 5.74) is 5.29. The van der Waals surface area contributed by atoms with Gasteiger partial charge in [0.15, 0.2) is 5.69 Å². The van der Waals surface area contributed by atoms with Crippen molar-refractivity contribution in [2.75, 3.05) is 11.9 Å². The summed E-state index contributed by atoms with van der Waals surface area (Å²) in [6, 6.07) is 7.44. The smallest absolute Gasteiger partial charge is 0.269 e. The lowest BCUT2D eigenvalue weighted by Gasteiger charge is -2.23. The summed E-state index contributed by atoms with van der Waals surface area (Å²) in [4.78, 5) is 12.2. The van der Waals surface area contributed by atoms with E-state index in [1.54, 1.807) is 23.5 Å². The Balaban J connectivity index is 2.00. The molecule has 0 aliphatic rings. The van der Waals surface area contributed by atoms with Crippen LogP contribution in [0.3, 0.4) is 0 Å². The Bertz CT molecular complexity index is 549. The van der Waals surface area contributed by atoms with Crippen molar-refractivity contribution in [1.82, 2.24) is 10.2 Å². The van der Waals surface area contributed by atoms with Crippen LogP contribution in [0.15, 0.2) is 29.6 Å². The average molecular weight is 276 g/mol. The van der Waals surface area contributed by atoms with Crippen molar-refractivity contribution in [3.8, 4) is 0 Å². The number of thiophene rings is 1. The van der Waals surface area contributed by atoms with E-state index in [4.69, 9.17) is 5.73 Å². The molecule has 0 aliphatic heterocycles. The van der Waals surface area contributed by atoms with Gasteiger partial charge in [0.05, 0.1) is 0 Å². The minimum Gasteiger partial charge on any atom is -0.368 e. The third kappa shape index (κ3) is 3.29. The highest BCUT2D eigenvalue weighted by atomic mass is 32.1. The highest BCUT2D eigenvalue weighted by molar-refractivity contribution is 7.10. The fraction of sp³-hybridized carbons (Fsp3) is 0.308. The summed E-state index contributed by atoms with van der Waals surface area (Å²) in [7, 11) is 0. The first kappa shape index (κ1) is 13.5. The second-order valence-corrected chi connectivity index (χ2v) is 5.83. The fourth-order valence-electron chi connectivity index (χ4n) is 1.62. The zero-order valence-corrected chi connectivity index (χ0v) is 11.7. The molecule has 2 rings (SSSR count). The van der Waals surface area contributed by atoms with Gasteiger partial charge in [0.1, 0.15) is 5.82 Å². The van der Waals surface area contributed by atoms with Crippen molar-refractivity contribution >= 4 is 23.1 Å². The first-order valence-corrected chi connectivity index (χ1v) is 6.78. The lowest BCUT2D eigenvalue weighted by atomic mass is 9.91. The molecule has 19 heavy (non-hydrogen) atoms. The number of amides is 1. The Hall–Kier alpha value is -1.95. The van der Waals surface area contributed by atoms with E-state index >= 15 is 0 Å². The molecule has 1 amide bonds. The zero-order chi connectivity index (χ0) is 13.9. The Morgan fingerprint density at radius 3 is 2.68 bits per heavy atom.